The lowest BCUT2D eigenvalue weighted by molar-refractivity contribution is -0.137. The lowest BCUT2D eigenvalue weighted by Gasteiger charge is -2.30. The van der Waals surface area contributed by atoms with E-state index in [1.807, 2.05) is 36.9 Å². The van der Waals surface area contributed by atoms with Gasteiger partial charge in [-0.1, -0.05) is 33.6 Å². The van der Waals surface area contributed by atoms with Crippen molar-refractivity contribution in [3.05, 3.63) is 33.3 Å². The highest BCUT2D eigenvalue weighted by Crippen LogP contribution is 2.26. The fourth-order valence-electron chi connectivity index (χ4n) is 2.45. The van der Waals surface area contributed by atoms with Crippen LogP contribution in [0.1, 0.15) is 25.5 Å². The Morgan fingerprint density at radius 2 is 2.05 bits per heavy atom. The lowest BCUT2D eigenvalue weighted by atomic mass is 10.1. The van der Waals surface area contributed by atoms with Gasteiger partial charge in [0, 0.05) is 28.6 Å². The van der Waals surface area contributed by atoms with E-state index in [9.17, 15) is 4.79 Å². The van der Waals surface area contributed by atoms with Crippen molar-refractivity contribution in [3.63, 3.8) is 0 Å². The molecule has 0 aromatic heterocycles. The zero-order valence-electron chi connectivity index (χ0n) is 12.2. The van der Waals surface area contributed by atoms with Crippen molar-refractivity contribution in [3.8, 4) is 0 Å². The second-order valence-corrected chi connectivity index (χ2v) is 6.54. The molecule has 0 aliphatic carbocycles. The molecule has 6 heteroatoms. The Morgan fingerprint density at radius 1 is 1.38 bits per heavy atom. The molecule has 0 spiro atoms. The molecule has 1 aromatic carbocycles. The van der Waals surface area contributed by atoms with Crippen LogP contribution in [0.3, 0.4) is 0 Å². The first-order valence-electron chi connectivity index (χ1n) is 7.06. The molecule has 1 aromatic rings. The molecule has 1 amide bonds. The molecule has 0 radical (unpaired) electrons. The van der Waals surface area contributed by atoms with E-state index in [-0.39, 0.29) is 18.0 Å². The molecule has 116 valence electrons. The molecule has 1 saturated heterocycles. The highest BCUT2D eigenvalue weighted by Gasteiger charge is 2.24. The number of ether oxygens (including phenoxy) is 1. The van der Waals surface area contributed by atoms with Gasteiger partial charge >= 0.3 is 0 Å². The average molecular weight is 376 g/mol. The Kier molecular flexibility index (Phi) is 6.05. The quantitative estimate of drug-likeness (QED) is 0.879. The number of carbonyl (C=O) groups is 1. The van der Waals surface area contributed by atoms with Crippen molar-refractivity contribution in [2.45, 2.75) is 25.9 Å². The molecule has 2 unspecified atom stereocenters. The molecule has 2 atom stereocenters. The predicted octanol–water partition coefficient (Wildman–Crippen LogP) is 3.00. The third-order valence-corrected chi connectivity index (χ3v) is 4.44. The third-order valence-electron chi connectivity index (χ3n) is 3.62. The number of hydrogen-bond donors (Lipinski definition) is 1. The normalized spacial score (nSPS) is 18.4. The van der Waals surface area contributed by atoms with Gasteiger partial charge in [-0.15, -0.1) is 0 Å². The minimum atomic E-state index is -0.252. The lowest BCUT2D eigenvalue weighted by Crippen LogP contribution is -2.49. The van der Waals surface area contributed by atoms with Crippen LogP contribution in [-0.4, -0.2) is 43.2 Å². The number of hydrogen-bond acceptors (Lipinski definition) is 3. The van der Waals surface area contributed by atoms with Crippen LogP contribution in [0.5, 0.6) is 0 Å². The number of halogens is 2. The molecule has 1 fully saturated rings. The minimum absolute atomic E-state index is 0.00518. The van der Waals surface area contributed by atoms with Crippen molar-refractivity contribution < 1.29 is 9.53 Å². The van der Waals surface area contributed by atoms with Crippen LogP contribution >= 0.6 is 27.5 Å². The number of rotatable bonds is 4. The van der Waals surface area contributed by atoms with E-state index < -0.39 is 0 Å². The van der Waals surface area contributed by atoms with Crippen LogP contribution in [-0.2, 0) is 9.53 Å². The van der Waals surface area contributed by atoms with Crippen molar-refractivity contribution in [2.24, 2.45) is 0 Å². The Bertz CT molecular complexity index is 506. The number of benzene rings is 1. The van der Waals surface area contributed by atoms with Crippen LogP contribution < -0.4 is 5.32 Å². The monoisotopic (exact) mass is 374 g/mol. The van der Waals surface area contributed by atoms with E-state index in [2.05, 4.69) is 21.2 Å². The van der Waals surface area contributed by atoms with E-state index in [4.69, 9.17) is 16.3 Å². The second kappa shape index (κ2) is 7.58. The summed E-state index contributed by atoms with van der Waals surface area (Å²) in [5.74, 6) is 0.110. The van der Waals surface area contributed by atoms with Crippen molar-refractivity contribution in [2.75, 3.05) is 26.3 Å². The maximum Gasteiger partial charge on any atom is 0.239 e. The zero-order valence-corrected chi connectivity index (χ0v) is 14.6. The smallest absolute Gasteiger partial charge is 0.239 e. The van der Waals surface area contributed by atoms with Gasteiger partial charge in [-0.2, -0.15) is 0 Å². The first-order chi connectivity index (χ1) is 9.99. The van der Waals surface area contributed by atoms with Crippen molar-refractivity contribution >= 4 is 33.4 Å². The van der Waals surface area contributed by atoms with Gasteiger partial charge in [-0.3, -0.25) is 10.1 Å². The number of amides is 1. The predicted molar refractivity (Wildman–Crippen MR) is 87.6 cm³/mol. The average Bonchev–Trinajstić information content (AvgIpc) is 2.47. The van der Waals surface area contributed by atoms with Crippen LogP contribution in [0.15, 0.2) is 22.7 Å². The van der Waals surface area contributed by atoms with E-state index in [0.717, 1.165) is 10.0 Å². The molecular weight excluding hydrogens is 356 g/mol. The molecule has 4 nitrogen and oxygen atoms in total. The first kappa shape index (κ1) is 16.7. The summed E-state index contributed by atoms with van der Waals surface area (Å²) >= 11 is 9.65. The Labute approximate surface area is 138 Å². The maximum absolute atomic E-state index is 12.4. The van der Waals surface area contributed by atoms with Gasteiger partial charge < -0.3 is 9.64 Å². The van der Waals surface area contributed by atoms with Crippen molar-refractivity contribution in [1.82, 2.24) is 10.2 Å². The van der Waals surface area contributed by atoms with Gasteiger partial charge in [0.2, 0.25) is 5.91 Å². The summed E-state index contributed by atoms with van der Waals surface area (Å²) in [5.41, 5.74) is 0.987. The fourth-order valence-corrected chi connectivity index (χ4v) is 3.28. The van der Waals surface area contributed by atoms with Crippen molar-refractivity contribution in [1.29, 1.82) is 0 Å². The highest BCUT2D eigenvalue weighted by molar-refractivity contribution is 9.10. The molecule has 0 bridgehead atoms. The Morgan fingerprint density at radius 3 is 2.67 bits per heavy atom. The molecule has 1 heterocycles. The Hall–Kier alpha value is -0.620. The topological polar surface area (TPSA) is 41.6 Å². The summed E-state index contributed by atoms with van der Waals surface area (Å²) in [6, 6.07) is 5.54. The van der Waals surface area contributed by atoms with E-state index >= 15 is 0 Å². The summed E-state index contributed by atoms with van der Waals surface area (Å²) in [6.07, 6.45) is 0. The van der Waals surface area contributed by atoms with Gasteiger partial charge in [0.15, 0.2) is 0 Å². The number of morpholine rings is 1. The van der Waals surface area contributed by atoms with Gasteiger partial charge in [0.05, 0.1) is 19.3 Å². The number of nitrogens with one attached hydrogen (secondary N) is 1. The third kappa shape index (κ3) is 4.42. The first-order valence-corrected chi connectivity index (χ1v) is 8.23. The number of nitrogens with zero attached hydrogens (tertiary/aromatic N) is 1. The maximum atomic E-state index is 12.4. The molecular formula is C15H20BrClN2O2. The number of carbonyl (C=O) groups excluding carboxylic acids is 1. The summed E-state index contributed by atoms with van der Waals surface area (Å²) in [5, 5.41) is 4.01. The van der Waals surface area contributed by atoms with Crippen LogP contribution in [0.25, 0.3) is 0 Å². The van der Waals surface area contributed by atoms with Crippen LogP contribution in [0.4, 0.5) is 0 Å². The van der Waals surface area contributed by atoms with E-state index in [1.54, 1.807) is 0 Å². The summed E-state index contributed by atoms with van der Waals surface area (Å²) in [4.78, 5) is 14.2. The zero-order chi connectivity index (χ0) is 15.4. The van der Waals surface area contributed by atoms with Gasteiger partial charge in [0.25, 0.3) is 0 Å². The highest BCUT2D eigenvalue weighted by atomic mass is 79.9. The van der Waals surface area contributed by atoms with Gasteiger partial charge in [-0.05, 0) is 31.5 Å². The molecule has 0 saturated carbocycles. The van der Waals surface area contributed by atoms with Crippen LogP contribution in [0, 0.1) is 0 Å². The summed E-state index contributed by atoms with van der Waals surface area (Å²) in [7, 11) is 0. The molecule has 1 N–H and O–H groups in total. The largest absolute Gasteiger partial charge is 0.378 e. The second-order valence-electron chi connectivity index (χ2n) is 5.21. The molecule has 1 aliphatic heterocycles. The molecule has 21 heavy (non-hydrogen) atoms. The standard InChI is InChI=1S/C15H20BrClN2O2/c1-10(13-4-3-12(16)9-14(13)17)18-11(2)15(20)19-5-7-21-8-6-19/h3-4,9-11,18H,5-8H2,1-2H3. The van der Waals surface area contributed by atoms with E-state index in [1.165, 1.54) is 0 Å². The van der Waals surface area contributed by atoms with Crippen LogP contribution in [0.2, 0.25) is 5.02 Å². The SMILES string of the molecule is CC(NC(C)c1ccc(Br)cc1Cl)C(=O)N1CCOCC1. The van der Waals surface area contributed by atoms with E-state index in [0.29, 0.717) is 31.3 Å². The minimum Gasteiger partial charge on any atom is -0.378 e. The van der Waals surface area contributed by atoms with Gasteiger partial charge in [-0.25, -0.2) is 0 Å². The summed E-state index contributed by atoms with van der Waals surface area (Å²) in [6.45, 7) is 6.47. The molecule has 1 aliphatic rings. The molecule has 2 rings (SSSR count). The fraction of sp³-hybridized carbons (Fsp3) is 0.533. The Balaban J connectivity index is 1.97. The summed E-state index contributed by atoms with van der Waals surface area (Å²) < 4.78 is 6.22. The van der Waals surface area contributed by atoms with Gasteiger partial charge in [0.1, 0.15) is 0 Å².